The van der Waals surface area contributed by atoms with Crippen LogP contribution in [0.5, 0.6) is 0 Å². The van der Waals surface area contributed by atoms with E-state index in [1.165, 1.54) is 6.07 Å². The summed E-state index contributed by atoms with van der Waals surface area (Å²) in [5.74, 6) is -1.07. The van der Waals surface area contributed by atoms with E-state index < -0.39 is 16.9 Å². The van der Waals surface area contributed by atoms with Crippen LogP contribution >= 0.6 is 15.9 Å². The topological polar surface area (TPSA) is 92.5 Å². The number of aliphatic carboxylic acids is 1. The van der Waals surface area contributed by atoms with Crippen molar-refractivity contribution in [3.05, 3.63) is 38.3 Å². The summed E-state index contributed by atoms with van der Waals surface area (Å²) in [5.41, 5.74) is 0.426. The molecule has 0 saturated carbocycles. The second-order valence-corrected chi connectivity index (χ2v) is 5.39. The van der Waals surface area contributed by atoms with Gasteiger partial charge < -0.3 is 5.11 Å². The maximum absolute atomic E-state index is 11.0. The van der Waals surface area contributed by atoms with Crippen molar-refractivity contribution in [1.29, 1.82) is 0 Å². The number of carboxylic acids is 1. The van der Waals surface area contributed by atoms with E-state index in [4.69, 9.17) is 5.11 Å². The van der Waals surface area contributed by atoms with Crippen molar-refractivity contribution in [1.82, 2.24) is 5.32 Å². The van der Waals surface area contributed by atoms with E-state index in [2.05, 4.69) is 21.2 Å². The lowest BCUT2D eigenvalue weighted by Gasteiger charge is -2.17. The van der Waals surface area contributed by atoms with Gasteiger partial charge in [0.15, 0.2) is 0 Å². The maximum Gasteiger partial charge on any atom is 0.320 e. The molecule has 0 amide bonds. The van der Waals surface area contributed by atoms with Gasteiger partial charge in [-0.2, -0.15) is 0 Å². The van der Waals surface area contributed by atoms with Gasteiger partial charge >= 0.3 is 5.97 Å². The Labute approximate surface area is 119 Å². The van der Waals surface area contributed by atoms with Crippen molar-refractivity contribution in [2.24, 2.45) is 5.92 Å². The first-order chi connectivity index (χ1) is 8.82. The Morgan fingerprint density at radius 1 is 1.53 bits per heavy atom. The van der Waals surface area contributed by atoms with Gasteiger partial charge in [-0.05, 0) is 18.1 Å². The molecule has 1 rings (SSSR count). The van der Waals surface area contributed by atoms with Crippen LogP contribution in [0.3, 0.4) is 0 Å². The molecule has 2 N–H and O–H groups in total. The fourth-order valence-electron chi connectivity index (χ4n) is 1.70. The van der Waals surface area contributed by atoms with Gasteiger partial charge in [-0.15, -0.1) is 0 Å². The van der Waals surface area contributed by atoms with Crippen LogP contribution in [0.2, 0.25) is 0 Å². The molecule has 0 aliphatic heterocycles. The molecule has 1 aromatic rings. The number of nitro benzene ring substituents is 1. The summed E-state index contributed by atoms with van der Waals surface area (Å²) in [6.07, 6.45) is 0. The normalized spacial score (nSPS) is 12.4. The van der Waals surface area contributed by atoms with Crippen molar-refractivity contribution in [2.75, 3.05) is 0 Å². The van der Waals surface area contributed by atoms with Crippen LogP contribution in [0, 0.1) is 16.0 Å². The number of nitrogens with one attached hydrogen (secondary N) is 1. The Morgan fingerprint density at radius 2 is 2.16 bits per heavy atom. The lowest BCUT2D eigenvalue weighted by Crippen LogP contribution is -2.40. The molecule has 19 heavy (non-hydrogen) atoms. The van der Waals surface area contributed by atoms with E-state index in [-0.39, 0.29) is 18.2 Å². The van der Waals surface area contributed by atoms with Crippen molar-refractivity contribution >= 4 is 27.6 Å². The van der Waals surface area contributed by atoms with E-state index in [0.29, 0.717) is 10.0 Å². The zero-order chi connectivity index (χ0) is 14.6. The van der Waals surface area contributed by atoms with Gasteiger partial charge in [0.25, 0.3) is 5.69 Å². The van der Waals surface area contributed by atoms with Gasteiger partial charge in [0.2, 0.25) is 0 Å². The molecule has 0 aliphatic rings. The van der Waals surface area contributed by atoms with E-state index in [1.54, 1.807) is 26.0 Å². The molecule has 0 aromatic heterocycles. The number of carbonyl (C=O) groups is 1. The fourth-order valence-corrected chi connectivity index (χ4v) is 2.11. The van der Waals surface area contributed by atoms with Crippen LogP contribution in [0.25, 0.3) is 0 Å². The summed E-state index contributed by atoms with van der Waals surface area (Å²) >= 11 is 3.24. The second-order valence-electron chi connectivity index (χ2n) is 4.47. The second kappa shape index (κ2) is 6.63. The molecule has 0 fully saturated rings. The predicted molar refractivity (Wildman–Crippen MR) is 73.9 cm³/mol. The van der Waals surface area contributed by atoms with Gasteiger partial charge in [0.05, 0.1) is 4.92 Å². The third kappa shape index (κ3) is 4.29. The van der Waals surface area contributed by atoms with Gasteiger partial charge in [0, 0.05) is 22.6 Å². The first-order valence-corrected chi connectivity index (χ1v) is 6.51. The third-order valence-electron chi connectivity index (χ3n) is 2.68. The standard InChI is InChI=1S/C12H15BrN2O4/c1-7(2)11(12(16)17)14-6-8-5-9(13)3-4-10(8)15(18)19/h3-5,7,11,14H,6H2,1-2H3,(H,16,17). The summed E-state index contributed by atoms with van der Waals surface area (Å²) in [6, 6.07) is 3.86. The Balaban J connectivity index is 2.90. The van der Waals surface area contributed by atoms with E-state index in [9.17, 15) is 14.9 Å². The zero-order valence-corrected chi connectivity index (χ0v) is 12.2. The van der Waals surface area contributed by atoms with Crippen LogP contribution in [0.15, 0.2) is 22.7 Å². The number of halogens is 1. The van der Waals surface area contributed by atoms with E-state index in [1.807, 2.05) is 0 Å². The average Bonchev–Trinajstić information content (AvgIpc) is 2.27. The minimum atomic E-state index is -0.965. The Morgan fingerprint density at radius 3 is 2.63 bits per heavy atom. The van der Waals surface area contributed by atoms with Gasteiger partial charge in [-0.25, -0.2) is 0 Å². The summed E-state index contributed by atoms with van der Waals surface area (Å²) in [5, 5.41) is 22.8. The highest BCUT2D eigenvalue weighted by Gasteiger charge is 2.22. The smallest absolute Gasteiger partial charge is 0.320 e. The quantitative estimate of drug-likeness (QED) is 0.617. The minimum absolute atomic E-state index is 0.0244. The van der Waals surface area contributed by atoms with Crippen LogP contribution in [0.4, 0.5) is 5.69 Å². The van der Waals surface area contributed by atoms with Crippen LogP contribution in [-0.4, -0.2) is 22.0 Å². The summed E-state index contributed by atoms with van der Waals surface area (Å²) in [7, 11) is 0. The highest BCUT2D eigenvalue weighted by molar-refractivity contribution is 9.10. The highest BCUT2D eigenvalue weighted by atomic mass is 79.9. The van der Waals surface area contributed by atoms with Crippen LogP contribution in [-0.2, 0) is 11.3 Å². The zero-order valence-electron chi connectivity index (χ0n) is 10.6. The summed E-state index contributed by atoms with van der Waals surface area (Å²) < 4.78 is 0.714. The van der Waals surface area contributed by atoms with Gasteiger partial charge in [0.1, 0.15) is 6.04 Å². The maximum atomic E-state index is 11.0. The first-order valence-electron chi connectivity index (χ1n) is 5.72. The Hall–Kier alpha value is -1.47. The fraction of sp³-hybridized carbons (Fsp3) is 0.417. The van der Waals surface area contributed by atoms with Crippen molar-refractivity contribution in [3.63, 3.8) is 0 Å². The molecule has 1 unspecified atom stereocenters. The van der Waals surface area contributed by atoms with Crippen LogP contribution < -0.4 is 5.32 Å². The Kier molecular flexibility index (Phi) is 5.44. The average molecular weight is 331 g/mol. The predicted octanol–water partition coefficient (Wildman–Crippen LogP) is 2.56. The highest BCUT2D eigenvalue weighted by Crippen LogP contribution is 2.23. The number of nitrogens with zero attached hydrogens (tertiary/aromatic N) is 1. The first kappa shape index (κ1) is 15.6. The summed E-state index contributed by atoms with van der Waals surface area (Å²) in [6.45, 7) is 3.69. The molecule has 0 saturated heterocycles. The van der Waals surface area contributed by atoms with Crippen molar-refractivity contribution in [3.8, 4) is 0 Å². The molecular formula is C12H15BrN2O4. The number of hydrogen-bond acceptors (Lipinski definition) is 4. The molecule has 0 spiro atoms. The lowest BCUT2D eigenvalue weighted by atomic mass is 10.0. The number of nitro groups is 1. The minimum Gasteiger partial charge on any atom is -0.480 e. The number of rotatable bonds is 6. The lowest BCUT2D eigenvalue weighted by molar-refractivity contribution is -0.385. The largest absolute Gasteiger partial charge is 0.480 e. The Bertz CT molecular complexity index is 491. The van der Waals surface area contributed by atoms with Gasteiger partial charge in [-0.1, -0.05) is 29.8 Å². The molecule has 0 bridgehead atoms. The SMILES string of the molecule is CC(C)C(NCc1cc(Br)ccc1[N+](=O)[O-])C(=O)O. The molecule has 104 valence electrons. The molecule has 0 radical (unpaired) electrons. The molecular weight excluding hydrogens is 316 g/mol. The van der Waals surface area contributed by atoms with Crippen molar-refractivity contribution < 1.29 is 14.8 Å². The monoisotopic (exact) mass is 330 g/mol. The van der Waals surface area contributed by atoms with E-state index in [0.717, 1.165) is 0 Å². The molecule has 7 heteroatoms. The number of hydrogen-bond donors (Lipinski definition) is 2. The molecule has 0 heterocycles. The summed E-state index contributed by atoms with van der Waals surface area (Å²) in [4.78, 5) is 21.5. The molecule has 1 atom stereocenters. The number of carboxylic acid groups (broad SMARTS) is 1. The van der Waals surface area contributed by atoms with Crippen molar-refractivity contribution in [2.45, 2.75) is 26.4 Å². The van der Waals surface area contributed by atoms with E-state index >= 15 is 0 Å². The molecule has 6 nitrogen and oxygen atoms in total. The third-order valence-corrected chi connectivity index (χ3v) is 3.18. The molecule has 0 aliphatic carbocycles. The molecule has 1 aromatic carbocycles. The van der Waals surface area contributed by atoms with Gasteiger partial charge in [-0.3, -0.25) is 20.2 Å². The van der Waals surface area contributed by atoms with Crippen LogP contribution in [0.1, 0.15) is 19.4 Å². The number of benzene rings is 1.